The second kappa shape index (κ2) is 9.07. The Hall–Kier alpha value is -3.28. The fourth-order valence-electron chi connectivity index (χ4n) is 3.62. The molecule has 0 bridgehead atoms. The van der Waals surface area contributed by atoms with Crippen molar-refractivity contribution in [1.29, 1.82) is 0 Å². The third-order valence-electron chi connectivity index (χ3n) is 5.41. The third-order valence-corrected chi connectivity index (χ3v) is 5.41. The average Bonchev–Trinajstić information content (AvgIpc) is 2.73. The van der Waals surface area contributed by atoms with Crippen molar-refractivity contribution in [1.82, 2.24) is 0 Å². The highest BCUT2D eigenvalue weighted by atomic mass is 16.5. The van der Waals surface area contributed by atoms with E-state index in [-0.39, 0.29) is 34.3 Å². The molecule has 0 fully saturated rings. The van der Waals surface area contributed by atoms with Crippen LogP contribution < -0.4 is 9.47 Å². The van der Waals surface area contributed by atoms with Crippen LogP contribution in [0.1, 0.15) is 74.5 Å². The fourth-order valence-corrected chi connectivity index (χ4v) is 3.62. The van der Waals surface area contributed by atoms with E-state index in [1.54, 1.807) is 77.9 Å². The van der Waals surface area contributed by atoms with E-state index in [9.17, 15) is 19.2 Å². The smallest absolute Gasteiger partial charge is 0.313 e. The van der Waals surface area contributed by atoms with Gasteiger partial charge < -0.3 is 9.47 Å². The van der Waals surface area contributed by atoms with E-state index in [2.05, 4.69) is 0 Å². The Kier molecular flexibility index (Phi) is 6.63. The highest BCUT2D eigenvalue weighted by molar-refractivity contribution is 6.18. The van der Waals surface area contributed by atoms with E-state index in [4.69, 9.17) is 9.47 Å². The first kappa shape index (κ1) is 23.4. The largest absolute Gasteiger partial charge is 0.426 e. The van der Waals surface area contributed by atoms with Crippen LogP contribution in [0, 0.1) is 17.8 Å². The van der Waals surface area contributed by atoms with Gasteiger partial charge in [0.25, 0.3) is 0 Å². The zero-order valence-corrected chi connectivity index (χ0v) is 19.2. The molecule has 0 atom stereocenters. The third kappa shape index (κ3) is 4.22. The molecule has 168 valence electrons. The van der Waals surface area contributed by atoms with Gasteiger partial charge in [0.1, 0.15) is 17.3 Å². The molecule has 0 amide bonds. The lowest BCUT2D eigenvalue weighted by atomic mass is 9.73. The Balaban J connectivity index is 2.26. The van der Waals surface area contributed by atoms with E-state index in [1.165, 1.54) is 0 Å². The molecule has 0 unspecified atom stereocenters. The van der Waals surface area contributed by atoms with Gasteiger partial charge in [0.05, 0.1) is 28.9 Å². The molecule has 0 heterocycles. The molecule has 0 saturated carbocycles. The topological polar surface area (TPSA) is 86.7 Å². The van der Waals surface area contributed by atoms with Gasteiger partial charge in [-0.1, -0.05) is 65.8 Å². The Morgan fingerprint density at radius 3 is 1.44 bits per heavy atom. The predicted octanol–water partition coefficient (Wildman–Crippen LogP) is 4.71. The lowest BCUT2D eigenvalue weighted by Gasteiger charge is -2.30. The van der Waals surface area contributed by atoms with Crippen molar-refractivity contribution in [3.63, 3.8) is 0 Å². The van der Waals surface area contributed by atoms with Crippen LogP contribution in [0.15, 0.2) is 36.4 Å². The van der Waals surface area contributed by atoms with Crippen LogP contribution in [0.5, 0.6) is 11.5 Å². The molecule has 1 aliphatic rings. The Morgan fingerprint density at radius 2 is 1.09 bits per heavy atom. The number of Topliss-reactive ketones (excluding diaryl/α,β-unsaturated/α-hetero) is 1. The minimum Gasteiger partial charge on any atom is -0.426 e. The maximum absolute atomic E-state index is 13.7. The van der Waals surface area contributed by atoms with Gasteiger partial charge in [-0.05, 0) is 23.3 Å². The lowest BCUT2D eigenvalue weighted by molar-refractivity contribution is -0.138. The Bertz CT molecular complexity index is 1020. The van der Waals surface area contributed by atoms with Crippen LogP contribution in [-0.2, 0) is 14.4 Å². The van der Waals surface area contributed by atoms with Gasteiger partial charge in [0.2, 0.25) is 5.78 Å². The fraction of sp³-hybridized carbons (Fsp3) is 0.385. The first-order valence-electron chi connectivity index (χ1n) is 10.8. The molecule has 0 saturated heterocycles. The number of ether oxygens (including phenoxy) is 2. The molecule has 6 heteroatoms. The van der Waals surface area contributed by atoms with Crippen molar-refractivity contribution in [2.45, 2.75) is 47.5 Å². The van der Waals surface area contributed by atoms with Crippen LogP contribution in [-0.4, -0.2) is 23.5 Å². The van der Waals surface area contributed by atoms with Crippen LogP contribution in [0.2, 0.25) is 0 Å². The first-order valence-corrected chi connectivity index (χ1v) is 10.8. The van der Waals surface area contributed by atoms with Crippen molar-refractivity contribution in [2.75, 3.05) is 0 Å². The molecule has 6 nitrogen and oxygen atoms in total. The summed E-state index contributed by atoms with van der Waals surface area (Å²) in [4.78, 5) is 51.6. The summed E-state index contributed by atoms with van der Waals surface area (Å²) >= 11 is 0. The average molecular weight is 437 g/mol. The van der Waals surface area contributed by atoms with E-state index >= 15 is 0 Å². The van der Waals surface area contributed by atoms with Gasteiger partial charge in [-0.2, -0.15) is 0 Å². The summed E-state index contributed by atoms with van der Waals surface area (Å²) in [5.41, 5.74) is 1.28. The maximum atomic E-state index is 13.7. The maximum Gasteiger partial charge on any atom is 0.313 e. The lowest BCUT2D eigenvalue weighted by Crippen LogP contribution is -2.29. The van der Waals surface area contributed by atoms with Gasteiger partial charge in [-0.25, -0.2) is 0 Å². The zero-order valence-electron chi connectivity index (χ0n) is 19.2. The first-order chi connectivity index (χ1) is 15.0. The van der Waals surface area contributed by atoms with Crippen LogP contribution in [0.25, 0.3) is 0 Å². The number of fused-ring (bicyclic) bond motifs is 2. The number of rotatable bonds is 6. The predicted molar refractivity (Wildman–Crippen MR) is 119 cm³/mol. The molecule has 1 aliphatic carbocycles. The Labute approximate surface area is 187 Å². The molecule has 3 rings (SSSR count). The van der Waals surface area contributed by atoms with Crippen molar-refractivity contribution < 1.29 is 28.7 Å². The summed E-state index contributed by atoms with van der Waals surface area (Å²) in [5.74, 6) is -3.13. The highest BCUT2D eigenvalue weighted by Crippen LogP contribution is 2.45. The minimum absolute atomic E-state index is 0.0836. The van der Waals surface area contributed by atoms with Gasteiger partial charge in [0.15, 0.2) is 0 Å². The van der Waals surface area contributed by atoms with Gasteiger partial charge in [-0.15, -0.1) is 0 Å². The standard InChI is InChI=1S/C26H28O6/c1-13(2)23(27)20-16-9-7-11-18(31-25(29)14(3)4)21(16)24(28)22-17(20)10-8-12-19(22)32-26(30)15(5)6/h7-15,20H,1-6H3. The SMILES string of the molecule is CC(C)C(=O)Oc1cccc2c1C(=O)c1c(OC(=O)C(C)C)cccc1C2C(=O)C(C)C. The van der Waals surface area contributed by atoms with Gasteiger partial charge in [-0.3, -0.25) is 19.2 Å². The van der Waals surface area contributed by atoms with Crippen molar-refractivity contribution in [3.05, 3.63) is 58.7 Å². The summed E-state index contributed by atoms with van der Waals surface area (Å²) in [5, 5.41) is 0. The molecule has 0 N–H and O–H groups in total. The number of hydrogen-bond acceptors (Lipinski definition) is 6. The Morgan fingerprint density at radius 1 is 0.688 bits per heavy atom. The number of ketones is 2. The van der Waals surface area contributed by atoms with Crippen molar-refractivity contribution >= 4 is 23.5 Å². The van der Waals surface area contributed by atoms with Crippen molar-refractivity contribution in [2.24, 2.45) is 17.8 Å². The summed E-state index contributed by atoms with van der Waals surface area (Å²) in [6.45, 7) is 10.4. The quantitative estimate of drug-likeness (QED) is 0.481. The van der Waals surface area contributed by atoms with Crippen LogP contribution in [0.4, 0.5) is 0 Å². The monoisotopic (exact) mass is 436 g/mol. The minimum atomic E-state index is -0.742. The van der Waals surface area contributed by atoms with Gasteiger partial charge in [0, 0.05) is 5.92 Å². The second-order valence-electron chi connectivity index (χ2n) is 8.91. The van der Waals surface area contributed by atoms with Gasteiger partial charge >= 0.3 is 11.9 Å². The molecule has 0 aromatic heterocycles. The summed E-state index contributed by atoms with van der Waals surface area (Å²) in [6.07, 6.45) is 0. The highest BCUT2D eigenvalue weighted by Gasteiger charge is 2.40. The number of benzene rings is 2. The molecule has 0 spiro atoms. The van der Waals surface area contributed by atoms with E-state index in [0.717, 1.165) is 0 Å². The summed E-state index contributed by atoms with van der Waals surface area (Å²) in [6, 6.07) is 9.84. The second-order valence-corrected chi connectivity index (χ2v) is 8.91. The molecule has 32 heavy (non-hydrogen) atoms. The van der Waals surface area contributed by atoms with Crippen LogP contribution in [0.3, 0.4) is 0 Å². The van der Waals surface area contributed by atoms with E-state index in [1.807, 2.05) is 0 Å². The van der Waals surface area contributed by atoms with E-state index in [0.29, 0.717) is 11.1 Å². The number of carbonyl (C=O) groups is 4. The molecular weight excluding hydrogens is 408 g/mol. The van der Waals surface area contributed by atoms with Crippen molar-refractivity contribution in [3.8, 4) is 11.5 Å². The molecule has 2 aromatic carbocycles. The van der Waals surface area contributed by atoms with E-state index < -0.39 is 35.5 Å². The molecule has 0 aliphatic heterocycles. The zero-order chi connectivity index (χ0) is 23.7. The summed E-state index contributed by atoms with van der Waals surface area (Å²) in [7, 11) is 0. The van der Waals surface area contributed by atoms with Crippen LogP contribution >= 0.6 is 0 Å². The number of hydrogen-bond donors (Lipinski definition) is 0. The number of carbonyl (C=O) groups excluding carboxylic acids is 4. The summed E-state index contributed by atoms with van der Waals surface area (Å²) < 4.78 is 11.1. The molecule has 0 radical (unpaired) electrons. The number of esters is 2. The molecule has 2 aromatic rings. The molecular formula is C26H28O6. The normalized spacial score (nSPS) is 13.2.